The fraction of sp³-hybridized carbons (Fsp3) is 0.986. The van der Waals surface area contributed by atoms with E-state index in [2.05, 4.69) is 19.2 Å². The molecule has 0 saturated carbocycles. The molecule has 3 aliphatic heterocycles. The van der Waals surface area contributed by atoms with Crippen molar-refractivity contribution in [3.05, 3.63) is 0 Å². The summed E-state index contributed by atoms with van der Waals surface area (Å²) in [7, 11) is 0. The molecule has 0 radical (unpaired) electrons. The molecular weight excluding hydrogens is 1190 g/mol. The van der Waals surface area contributed by atoms with Crippen LogP contribution in [0.1, 0.15) is 335 Å². The van der Waals surface area contributed by atoms with Gasteiger partial charge >= 0.3 is 0 Å². The highest BCUT2D eigenvalue weighted by Crippen LogP contribution is 2.33. The van der Waals surface area contributed by atoms with E-state index in [1.54, 1.807) is 0 Å². The van der Waals surface area contributed by atoms with Crippen LogP contribution in [0.4, 0.5) is 0 Å². The van der Waals surface area contributed by atoms with Gasteiger partial charge < -0.3 is 89.9 Å². The van der Waals surface area contributed by atoms with Crippen LogP contribution in [0.3, 0.4) is 0 Å². The molecule has 3 rings (SSSR count). The lowest BCUT2D eigenvalue weighted by Crippen LogP contribution is -2.66. The molecule has 17 atom stereocenters. The van der Waals surface area contributed by atoms with Gasteiger partial charge in [0.2, 0.25) is 5.91 Å². The lowest BCUT2D eigenvalue weighted by molar-refractivity contribution is -0.379. The Labute approximate surface area is 563 Å². The second kappa shape index (κ2) is 56.5. The molecule has 3 aliphatic rings. The zero-order valence-corrected chi connectivity index (χ0v) is 58.8. The van der Waals surface area contributed by atoms with Crippen LogP contribution >= 0.6 is 0 Å². The van der Waals surface area contributed by atoms with Gasteiger partial charge in [-0.1, -0.05) is 316 Å². The van der Waals surface area contributed by atoms with Gasteiger partial charge in [-0.3, -0.25) is 4.79 Å². The van der Waals surface area contributed by atoms with Crippen molar-refractivity contribution in [1.29, 1.82) is 0 Å². The van der Waals surface area contributed by atoms with Gasteiger partial charge in [-0.2, -0.15) is 0 Å². The van der Waals surface area contributed by atoms with E-state index in [-0.39, 0.29) is 18.9 Å². The number of rotatable bonds is 62. The van der Waals surface area contributed by atoms with E-state index >= 15 is 0 Å². The molecule has 0 aromatic rings. The van der Waals surface area contributed by atoms with Gasteiger partial charge in [0.25, 0.3) is 0 Å². The first-order chi connectivity index (χ1) is 45.3. The Bertz CT molecular complexity index is 1690. The summed E-state index contributed by atoms with van der Waals surface area (Å²) in [6.07, 6.45) is 37.0. The number of carbonyl (C=O) groups is 1. The standard InChI is InChI=1S/C74H143NO18/c1-3-5-7-9-11-13-14-15-16-17-18-19-20-21-22-23-24-25-26-27-28-29-30-31-32-33-34-35-36-37-38-39-40-41-42-44-46-48-50-52-62(80)75-57(58(79)51-49-47-45-43-12-10-8-6-4-2)56-88-72-68(86)65(83)70(60(54-77)90-72)93-74-69(87)66(84)71(61(55-78)91-74)92-73-67(85)64(82)63(81)59(53-76)89-73/h57-61,63-74,76-79,81-87H,3-56H2,1-2H3,(H,75,80). The maximum absolute atomic E-state index is 13.4. The molecular formula is C74H143NO18. The Morgan fingerprint density at radius 3 is 0.935 bits per heavy atom. The van der Waals surface area contributed by atoms with Crippen LogP contribution in [0, 0.1) is 0 Å². The van der Waals surface area contributed by atoms with E-state index in [4.69, 9.17) is 28.4 Å². The van der Waals surface area contributed by atoms with E-state index in [0.717, 1.165) is 44.9 Å². The fourth-order valence-corrected chi connectivity index (χ4v) is 13.7. The van der Waals surface area contributed by atoms with Crippen molar-refractivity contribution in [1.82, 2.24) is 5.32 Å². The van der Waals surface area contributed by atoms with Crippen molar-refractivity contribution in [3.8, 4) is 0 Å². The molecule has 93 heavy (non-hydrogen) atoms. The van der Waals surface area contributed by atoms with Crippen LogP contribution in [-0.2, 0) is 33.2 Å². The summed E-state index contributed by atoms with van der Waals surface area (Å²) >= 11 is 0. The molecule has 19 nitrogen and oxygen atoms in total. The highest BCUT2D eigenvalue weighted by Gasteiger charge is 2.54. The SMILES string of the molecule is CCCCCCCCCCCCCCCCCCCCCCCCCCCCCCCCCCCCCCCCCC(=O)NC(COC1OC(CO)C(OC2OC(CO)C(OC3OC(CO)C(O)C(O)C3O)C(O)C2O)C(O)C1O)C(O)CCCCCCCCCCC. The number of hydrogen-bond acceptors (Lipinski definition) is 18. The van der Waals surface area contributed by atoms with Crippen molar-refractivity contribution in [2.75, 3.05) is 26.4 Å². The summed E-state index contributed by atoms with van der Waals surface area (Å²) in [5.74, 6) is -0.238. The summed E-state index contributed by atoms with van der Waals surface area (Å²) < 4.78 is 34.4. The molecule has 19 heteroatoms. The van der Waals surface area contributed by atoms with Gasteiger partial charge in [-0.05, 0) is 12.8 Å². The van der Waals surface area contributed by atoms with Gasteiger partial charge in [0.05, 0.1) is 38.6 Å². The second-order valence-electron chi connectivity index (χ2n) is 28.2. The van der Waals surface area contributed by atoms with Crippen LogP contribution in [0.15, 0.2) is 0 Å². The van der Waals surface area contributed by atoms with Gasteiger partial charge in [-0.25, -0.2) is 0 Å². The van der Waals surface area contributed by atoms with Gasteiger partial charge in [0.1, 0.15) is 73.2 Å². The smallest absolute Gasteiger partial charge is 0.220 e. The number of aliphatic hydroxyl groups is 11. The molecule has 552 valence electrons. The van der Waals surface area contributed by atoms with E-state index in [1.165, 1.54) is 257 Å². The first-order valence-corrected chi connectivity index (χ1v) is 38.8. The minimum absolute atomic E-state index is 0.238. The van der Waals surface area contributed by atoms with Crippen LogP contribution in [-0.4, -0.2) is 193 Å². The Hall–Kier alpha value is -1.21. The third kappa shape index (κ3) is 37.7. The third-order valence-corrected chi connectivity index (χ3v) is 19.9. The van der Waals surface area contributed by atoms with E-state index in [9.17, 15) is 61.0 Å². The molecule has 3 heterocycles. The van der Waals surface area contributed by atoms with Crippen LogP contribution in [0.2, 0.25) is 0 Å². The summed E-state index contributed by atoms with van der Waals surface area (Å²) in [4.78, 5) is 13.4. The van der Waals surface area contributed by atoms with E-state index < -0.39 is 124 Å². The highest BCUT2D eigenvalue weighted by molar-refractivity contribution is 5.76. The Morgan fingerprint density at radius 2 is 0.613 bits per heavy atom. The molecule has 0 aliphatic carbocycles. The first-order valence-electron chi connectivity index (χ1n) is 38.8. The van der Waals surface area contributed by atoms with Crippen LogP contribution in [0.5, 0.6) is 0 Å². The number of unbranched alkanes of at least 4 members (excludes halogenated alkanes) is 46. The van der Waals surface area contributed by atoms with Crippen molar-refractivity contribution >= 4 is 5.91 Å². The molecule has 0 aromatic heterocycles. The number of aliphatic hydroxyl groups excluding tert-OH is 11. The largest absolute Gasteiger partial charge is 0.394 e. The lowest BCUT2D eigenvalue weighted by atomic mass is 9.96. The molecule has 1 amide bonds. The fourth-order valence-electron chi connectivity index (χ4n) is 13.7. The normalized spacial score (nSPS) is 27.4. The summed E-state index contributed by atoms with van der Waals surface area (Å²) in [5, 5.41) is 120. The predicted molar refractivity (Wildman–Crippen MR) is 365 cm³/mol. The van der Waals surface area contributed by atoms with Crippen molar-refractivity contribution in [3.63, 3.8) is 0 Å². The third-order valence-electron chi connectivity index (χ3n) is 19.9. The van der Waals surface area contributed by atoms with E-state index in [0.29, 0.717) is 12.8 Å². The highest BCUT2D eigenvalue weighted by atomic mass is 16.8. The molecule has 12 N–H and O–H groups in total. The average molecular weight is 1330 g/mol. The Kier molecular flexibility index (Phi) is 52.3. The topological polar surface area (TPSA) is 307 Å². The van der Waals surface area contributed by atoms with Crippen LogP contribution < -0.4 is 5.32 Å². The lowest BCUT2D eigenvalue weighted by Gasteiger charge is -2.48. The van der Waals surface area contributed by atoms with E-state index in [1.807, 2.05) is 0 Å². The maximum atomic E-state index is 13.4. The molecule has 0 bridgehead atoms. The minimum atomic E-state index is -1.97. The summed E-state index contributed by atoms with van der Waals surface area (Å²) in [6, 6.07) is -0.880. The van der Waals surface area contributed by atoms with Gasteiger partial charge in [0.15, 0.2) is 18.9 Å². The van der Waals surface area contributed by atoms with Gasteiger partial charge in [-0.15, -0.1) is 0 Å². The molecule has 17 unspecified atom stereocenters. The molecule has 3 fully saturated rings. The second-order valence-corrected chi connectivity index (χ2v) is 28.2. The molecule has 0 aromatic carbocycles. The molecule has 0 spiro atoms. The number of nitrogens with one attached hydrogen (secondary N) is 1. The monoisotopic (exact) mass is 1330 g/mol. The van der Waals surface area contributed by atoms with Crippen molar-refractivity contribution in [2.45, 2.75) is 439 Å². The van der Waals surface area contributed by atoms with Crippen LogP contribution in [0.25, 0.3) is 0 Å². The van der Waals surface area contributed by atoms with Crippen molar-refractivity contribution in [2.24, 2.45) is 0 Å². The summed E-state index contributed by atoms with van der Waals surface area (Å²) in [6.45, 7) is 1.80. The summed E-state index contributed by atoms with van der Waals surface area (Å²) in [5.41, 5.74) is 0. The predicted octanol–water partition coefficient (Wildman–Crippen LogP) is 11.8. The Balaban J connectivity index is 1.24. The zero-order valence-electron chi connectivity index (χ0n) is 58.8. The zero-order chi connectivity index (χ0) is 67.5. The minimum Gasteiger partial charge on any atom is -0.394 e. The quantitative estimate of drug-likeness (QED) is 0.0252. The average Bonchev–Trinajstić information content (AvgIpc) is 0.828. The maximum Gasteiger partial charge on any atom is 0.220 e. The Morgan fingerprint density at radius 1 is 0.344 bits per heavy atom. The number of ether oxygens (including phenoxy) is 6. The number of amides is 1. The number of carbonyl (C=O) groups excluding carboxylic acids is 1. The number of hydrogen-bond donors (Lipinski definition) is 12. The first kappa shape index (κ1) is 86.0. The van der Waals surface area contributed by atoms with Gasteiger partial charge in [0, 0.05) is 6.42 Å². The molecule has 3 saturated heterocycles. The van der Waals surface area contributed by atoms with Crippen molar-refractivity contribution < 1.29 is 89.4 Å².